The average molecular weight is 506 g/mol. The second kappa shape index (κ2) is 8.48. The van der Waals surface area contributed by atoms with Gasteiger partial charge in [0.1, 0.15) is 6.10 Å². The fraction of sp³-hybridized carbons (Fsp3) is 0.458. The van der Waals surface area contributed by atoms with Crippen molar-refractivity contribution in [2.24, 2.45) is 5.41 Å². The van der Waals surface area contributed by atoms with E-state index in [1.807, 2.05) is 32.9 Å². The minimum absolute atomic E-state index is 0.0264. The number of carbonyl (C=O) groups is 1. The van der Waals surface area contributed by atoms with Crippen LogP contribution in [0.25, 0.3) is 0 Å². The highest BCUT2D eigenvalue weighted by Gasteiger charge is 2.41. The van der Waals surface area contributed by atoms with Gasteiger partial charge in [-0.25, -0.2) is 0 Å². The number of nitrogens with zero attached hydrogens (tertiary/aromatic N) is 1. The summed E-state index contributed by atoms with van der Waals surface area (Å²) in [6.07, 6.45) is -0.348. The molecule has 1 N–H and O–H groups in total. The van der Waals surface area contributed by atoms with Crippen LogP contribution >= 0.6 is 15.9 Å². The minimum atomic E-state index is -1.02. The number of ether oxygens (including phenoxy) is 4. The number of benzene rings is 2. The number of aliphatic hydroxyl groups is 1. The summed E-state index contributed by atoms with van der Waals surface area (Å²) in [5, 5.41) is 11.7. The normalized spacial score (nSPS) is 18.2. The molecule has 0 bridgehead atoms. The van der Waals surface area contributed by atoms with Crippen molar-refractivity contribution in [1.29, 1.82) is 0 Å². The molecule has 8 heteroatoms. The summed E-state index contributed by atoms with van der Waals surface area (Å²) in [6.45, 7) is 6.33. The first-order valence-corrected chi connectivity index (χ1v) is 11.3. The molecule has 2 aliphatic heterocycles. The largest absolute Gasteiger partial charge is 0.493 e. The average Bonchev–Trinajstić information content (AvgIpc) is 3.22. The Balaban J connectivity index is 1.85. The Morgan fingerprint density at radius 3 is 2.50 bits per heavy atom. The molecule has 2 aliphatic rings. The Hall–Kier alpha value is -2.45. The standard InChI is InChI=1S/C24H28BrNO6/c1-24(2,3)23(28)26-9-8-13-10-17-18(32-12-31-17)11-15(13)20(26)21(27)14-6-7-16(29-4)22(30-5)19(14)25/h6-7,10-11,20-21,27H,8-9,12H2,1-5H3. The van der Waals surface area contributed by atoms with E-state index in [1.165, 1.54) is 0 Å². The lowest BCUT2D eigenvalue weighted by Crippen LogP contribution is -2.47. The number of aliphatic hydroxyl groups excluding tert-OH is 1. The van der Waals surface area contributed by atoms with Gasteiger partial charge in [-0.3, -0.25) is 4.79 Å². The molecule has 0 aliphatic carbocycles. The number of hydrogen-bond acceptors (Lipinski definition) is 6. The third-order valence-corrected chi connectivity index (χ3v) is 6.76. The van der Waals surface area contributed by atoms with Crippen LogP contribution in [0.1, 0.15) is 49.6 Å². The van der Waals surface area contributed by atoms with Crippen molar-refractivity contribution in [2.75, 3.05) is 27.6 Å². The number of methoxy groups -OCH3 is 2. The minimum Gasteiger partial charge on any atom is -0.493 e. The van der Waals surface area contributed by atoms with Crippen LogP contribution in [0.3, 0.4) is 0 Å². The quantitative estimate of drug-likeness (QED) is 0.663. The highest BCUT2D eigenvalue weighted by Crippen LogP contribution is 2.48. The Bertz CT molecular complexity index is 1050. The summed E-state index contributed by atoms with van der Waals surface area (Å²) in [5.41, 5.74) is 1.89. The van der Waals surface area contributed by atoms with Crippen LogP contribution in [0.4, 0.5) is 0 Å². The molecule has 0 spiro atoms. The van der Waals surface area contributed by atoms with E-state index in [1.54, 1.807) is 31.3 Å². The Morgan fingerprint density at radius 1 is 1.19 bits per heavy atom. The van der Waals surface area contributed by atoms with Gasteiger partial charge in [0.05, 0.1) is 24.7 Å². The van der Waals surface area contributed by atoms with Gasteiger partial charge in [0.15, 0.2) is 23.0 Å². The van der Waals surface area contributed by atoms with Crippen molar-refractivity contribution in [3.63, 3.8) is 0 Å². The summed E-state index contributed by atoms with van der Waals surface area (Å²) in [6, 6.07) is 6.79. The third kappa shape index (κ3) is 3.79. The molecule has 32 heavy (non-hydrogen) atoms. The van der Waals surface area contributed by atoms with Crippen molar-refractivity contribution in [2.45, 2.75) is 39.3 Å². The predicted molar refractivity (Wildman–Crippen MR) is 122 cm³/mol. The van der Waals surface area contributed by atoms with Gasteiger partial charge >= 0.3 is 0 Å². The van der Waals surface area contributed by atoms with E-state index in [2.05, 4.69) is 15.9 Å². The van der Waals surface area contributed by atoms with Crippen LogP contribution in [-0.2, 0) is 11.2 Å². The Morgan fingerprint density at radius 2 is 1.88 bits per heavy atom. The highest BCUT2D eigenvalue weighted by atomic mass is 79.9. The summed E-state index contributed by atoms with van der Waals surface area (Å²) in [4.78, 5) is 15.2. The molecule has 2 aromatic carbocycles. The molecule has 2 atom stereocenters. The molecular formula is C24H28BrNO6. The Kier molecular flexibility index (Phi) is 6.02. The van der Waals surface area contributed by atoms with E-state index < -0.39 is 17.6 Å². The fourth-order valence-electron chi connectivity index (χ4n) is 4.34. The zero-order valence-corrected chi connectivity index (χ0v) is 20.5. The summed E-state index contributed by atoms with van der Waals surface area (Å²) in [7, 11) is 3.11. The molecule has 0 aromatic heterocycles. The molecule has 172 valence electrons. The number of hydrogen-bond donors (Lipinski definition) is 1. The number of rotatable bonds is 4. The van der Waals surface area contributed by atoms with Crippen LogP contribution in [0.5, 0.6) is 23.0 Å². The van der Waals surface area contributed by atoms with Crippen molar-refractivity contribution in [3.05, 3.63) is 45.4 Å². The van der Waals surface area contributed by atoms with E-state index in [9.17, 15) is 9.90 Å². The highest BCUT2D eigenvalue weighted by molar-refractivity contribution is 9.10. The first kappa shape index (κ1) is 22.7. The molecule has 2 aromatic rings. The lowest BCUT2D eigenvalue weighted by Gasteiger charge is -2.43. The molecule has 2 unspecified atom stereocenters. The van der Waals surface area contributed by atoms with Crippen LogP contribution in [0.15, 0.2) is 28.7 Å². The van der Waals surface area contributed by atoms with Crippen molar-refractivity contribution < 1.29 is 28.8 Å². The molecule has 0 saturated carbocycles. The van der Waals surface area contributed by atoms with Gasteiger partial charge in [-0.2, -0.15) is 0 Å². The van der Waals surface area contributed by atoms with Crippen LogP contribution in [0.2, 0.25) is 0 Å². The molecule has 0 radical (unpaired) electrons. The maximum absolute atomic E-state index is 13.4. The number of carbonyl (C=O) groups excluding carboxylic acids is 1. The second-order valence-electron chi connectivity index (χ2n) is 9.00. The van der Waals surface area contributed by atoms with Gasteiger partial charge in [0.2, 0.25) is 12.7 Å². The van der Waals surface area contributed by atoms with E-state index in [-0.39, 0.29) is 12.7 Å². The smallest absolute Gasteiger partial charge is 0.231 e. The lowest BCUT2D eigenvalue weighted by atomic mass is 9.84. The Labute approximate surface area is 196 Å². The van der Waals surface area contributed by atoms with E-state index in [0.717, 1.165) is 11.1 Å². The molecular weight excluding hydrogens is 478 g/mol. The van der Waals surface area contributed by atoms with Crippen molar-refractivity contribution >= 4 is 21.8 Å². The maximum atomic E-state index is 13.4. The summed E-state index contributed by atoms with van der Waals surface area (Å²) >= 11 is 3.57. The zero-order chi connectivity index (χ0) is 23.2. The molecule has 0 saturated heterocycles. The van der Waals surface area contributed by atoms with Crippen LogP contribution < -0.4 is 18.9 Å². The maximum Gasteiger partial charge on any atom is 0.231 e. The molecule has 2 heterocycles. The van der Waals surface area contributed by atoms with Crippen LogP contribution in [0, 0.1) is 5.41 Å². The predicted octanol–water partition coefficient (Wildman–Crippen LogP) is 4.40. The summed E-state index contributed by atoms with van der Waals surface area (Å²) < 4.78 is 22.6. The van der Waals surface area contributed by atoms with Gasteiger partial charge in [-0.05, 0) is 51.7 Å². The first-order valence-electron chi connectivity index (χ1n) is 10.5. The van der Waals surface area contributed by atoms with E-state index >= 15 is 0 Å². The fourth-order valence-corrected chi connectivity index (χ4v) is 5.07. The first-order chi connectivity index (χ1) is 15.2. The molecule has 1 amide bonds. The summed E-state index contributed by atoms with van der Waals surface area (Å²) in [5.74, 6) is 2.32. The lowest BCUT2D eigenvalue weighted by molar-refractivity contribution is -0.145. The molecule has 7 nitrogen and oxygen atoms in total. The number of fused-ring (bicyclic) bond motifs is 2. The van der Waals surface area contributed by atoms with E-state index in [4.69, 9.17) is 18.9 Å². The zero-order valence-electron chi connectivity index (χ0n) is 18.9. The molecule has 0 fully saturated rings. The SMILES string of the molecule is COc1ccc(C(O)C2c3cc4c(cc3CCN2C(=O)C(C)(C)C)OCO4)c(Br)c1OC. The van der Waals surface area contributed by atoms with Gasteiger partial charge < -0.3 is 29.0 Å². The second-order valence-corrected chi connectivity index (χ2v) is 9.79. The number of halogens is 1. The monoisotopic (exact) mass is 505 g/mol. The van der Waals surface area contributed by atoms with Gasteiger partial charge in [-0.1, -0.05) is 26.8 Å². The van der Waals surface area contributed by atoms with Crippen molar-refractivity contribution in [3.8, 4) is 23.0 Å². The van der Waals surface area contributed by atoms with E-state index in [0.29, 0.717) is 46.0 Å². The van der Waals surface area contributed by atoms with Gasteiger partial charge in [0.25, 0.3) is 0 Å². The van der Waals surface area contributed by atoms with Gasteiger partial charge in [-0.15, -0.1) is 0 Å². The topological polar surface area (TPSA) is 77.5 Å². The number of amides is 1. The molecule has 4 rings (SSSR count). The van der Waals surface area contributed by atoms with Crippen LogP contribution in [-0.4, -0.2) is 43.5 Å². The third-order valence-electron chi connectivity index (χ3n) is 5.95. The van der Waals surface area contributed by atoms with Gasteiger partial charge in [0, 0.05) is 17.5 Å². The van der Waals surface area contributed by atoms with Crippen molar-refractivity contribution in [1.82, 2.24) is 4.90 Å².